The maximum absolute atomic E-state index is 12.1. The second-order valence-electron chi connectivity index (χ2n) is 3.85. The summed E-state index contributed by atoms with van der Waals surface area (Å²) in [6.45, 7) is -2.94. The molecule has 0 atom stereocenters. The smallest absolute Gasteiger partial charge is 0.387 e. The monoisotopic (exact) mass is 332 g/mol. The van der Waals surface area contributed by atoms with Crippen molar-refractivity contribution in [3.05, 3.63) is 52.3 Å². The SMILES string of the molecule is O=C(Nc1cccc(OC(F)F)c1)c1cc(Cl)ncc1Cl. The Kier molecular flexibility index (Phi) is 4.93. The van der Waals surface area contributed by atoms with Crippen molar-refractivity contribution in [2.75, 3.05) is 5.32 Å². The third-order valence-electron chi connectivity index (χ3n) is 2.38. The van der Waals surface area contributed by atoms with Gasteiger partial charge in [-0.25, -0.2) is 4.98 Å². The summed E-state index contributed by atoms with van der Waals surface area (Å²) in [5.74, 6) is -0.611. The molecule has 8 heteroatoms. The lowest BCUT2D eigenvalue weighted by Crippen LogP contribution is -2.13. The van der Waals surface area contributed by atoms with Crippen LogP contribution in [-0.4, -0.2) is 17.5 Å². The first-order chi connectivity index (χ1) is 9.95. The van der Waals surface area contributed by atoms with Gasteiger partial charge >= 0.3 is 6.61 Å². The minimum atomic E-state index is -2.94. The van der Waals surface area contributed by atoms with Crippen molar-refractivity contribution in [2.45, 2.75) is 6.61 Å². The molecule has 1 aromatic heterocycles. The summed E-state index contributed by atoms with van der Waals surface area (Å²) >= 11 is 11.5. The molecule has 4 nitrogen and oxygen atoms in total. The van der Waals surface area contributed by atoms with Gasteiger partial charge in [-0.05, 0) is 18.2 Å². The molecule has 0 aliphatic heterocycles. The average molecular weight is 333 g/mol. The lowest BCUT2D eigenvalue weighted by molar-refractivity contribution is -0.0497. The molecule has 2 rings (SSSR count). The van der Waals surface area contributed by atoms with Crippen molar-refractivity contribution in [2.24, 2.45) is 0 Å². The Balaban J connectivity index is 2.17. The van der Waals surface area contributed by atoms with E-state index in [1.165, 1.54) is 36.5 Å². The van der Waals surface area contributed by atoms with Crippen LogP contribution in [0.2, 0.25) is 10.2 Å². The number of nitrogens with zero attached hydrogens (tertiary/aromatic N) is 1. The molecule has 0 fully saturated rings. The van der Waals surface area contributed by atoms with Gasteiger partial charge < -0.3 is 10.1 Å². The fourth-order valence-electron chi connectivity index (χ4n) is 1.54. The van der Waals surface area contributed by atoms with Crippen LogP contribution in [0.1, 0.15) is 10.4 Å². The lowest BCUT2D eigenvalue weighted by atomic mass is 10.2. The molecular weight excluding hydrogens is 325 g/mol. The fraction of sp³-hybridized carbons (Fsp3) is 0.0769. The standard InChI is InChI=1S/C13H8Cl2F2N2O2/c14-10-6-18-11(15)5-9(10)12(20)19-7-2-1-3-8(4-7)21-13(16)17/h1-6,13H,(H,19,20). The molecule has 0 unspecified atom stereocenters. The summed E-state index contributed by atoms with van der Waals surface area (Å²) in [5.41, 5.74) is 0.402. The second kappa shape index (κ2) is 6.69. The average Bonchev–Trinajstić information content (AvgIpc) is 2.41. The highest BCUT2D eigenvalue weighted by molar-refractivity contribution is 6.35. The minimum Gasteiger partial charge on any atom is -0.435 e. The molecule has 1 aromatic carbocycles. The summed E-state index contributed by atoms with van der Waals surface area (Å²) < 4.78 is 28.5. The van der Waals surface area contributed by atoms with E-state index < -0.39 is 12.5 Å². The second-order valence-corrected chi connectivity index (χ2v) is 4.64. The van der Waals surface area contributed by atoms with E-state index >= 15 is 0 Å². The number of aromatic nitrogens is 1. The van der Waals surface area contributed by atoms with Gasteiger partial charge in [0.2, 0.25) is 0 Å². The maximum Gasteiger partial charge on any atom is 0.387 e. The highest BCUT2D eigenvalue weighted by atomic mass is 35.5. The first-order valence-electron chi connectivity index (χ1n) is 5.63. The molecule has 21 heavy (non-hydrogen) atoms. The Morgan fingerprint density at radius 1 is 1.29 bits per heavy atom. The van der Waals surface area contributed by atoms with Crippen LogP contribution in [0.5, 0.6) is 5.75 Å². The minimum absolute atomic E-state index is 0.0679. The van der Waals surface area contributed by atoms with Crippen LogP contribution in [0.3, 0.4) is 0 Å². The van der Waals surface area contributed by atoms with E-state index in [1.807, 2.05) is 0 Å². The van der Waals surface area contributed by atoms with Crippen LogP contribution < -0.4 is 10.1 Å². The zero-order valence-corrected chi connectivity index (χ0v) is 11.8. The van der Waals surface area contributed by atoms with Gasteiger partial charge in [-0.15, -0.1) is 0 Å². The third kappa shape index (κ3) is 4.27. The van der Waals surface area contributed by atoms with E-state index in [-0.39, 0.29) is 27.2 Å². The number of pyridine rings is 1. The van der Waals surface area contributed by atoms with Crippen LogP contribution in [0, 0.1) is 0 Å². The number of rotatable bonds is 4. The molecule has 1 heterocycles. The van der Waals surface area contributed by atoms with Crippen LogP contribution in [-0.2, 0) is 0 Å². The van der Waals surface area contributed by atoms with Crippen molar-refractivity contribution < 1.29 is 18.3 Å². The number of ether oxygens (including phenoxy) is 1. The first-order valence-corrected chi connectivity index (χ1v) is 6.38. The van der Waals surface area contributed by atoms with Crippen LogP contribution in [0.4, 0.5) is 14.5 Å². The summed E-state index contributed by atoms with van der Waals surface area (Å²) in [4.78, 5) is 15.8. The van der Waals surface area contributed by atoms with Crippen LogP contribution in [0.15, 0.2) is 36.5 Å². The van der Waals surface area contributed by atoms with Crippen LogP contribution in [0.25, 0.3) is 0 Å². The Morgan fingerprint density at radius 2 is 2.05 bits per heavy atom. The molecule has 110 valence electrons. The van der Waals surface area contributed by atoms with Crippen molar-refractivity contribution in [3.8, 4) is 5.75 Å². The Bertz CT molecular complexity index is 668. The number of amides is 1. The molecule has 0 saturated carbocycles. The highest BCUT2D eigenvalue weighted by Gasteiger charge is 2.13. The van der Waals surface area contributed by atoms with Crippen molar-refractivity contribution in [1.29, 1.82) is 0 Å². The number of hydrogen-bond acceptors (Lipinski definition) is 3. The van der Waals surface area contributed by atoms with Crippen LogP contribution >= 0.6 is 23.2 Å². The van der Waals surface area contributed by atoms with Gasteiger partial charge in [-0.1, -0.05) is 29.3 Å². The van der Waals surface area contributed by atoms with Gasteiger partial charge in [-0.3, -0.25) is 4.79 Å². The quantitative estimate of drug-likeness (QED) is 0.852. The van der Waals surface area contributed by atoms with E-state index in [2.05, 4.69) is 15.0 Å². The molecule has 0 spiro atoms. The third-order valence-corrected chi connectivity index (χ3v) is 2.89. The molecule has 0 aliphatic carbocycles. The molecule has 1 N–H and O–H groups in total. The summed E-state index contributed by atoms with van der Waals surface area (Å²) in [5, 5.41) is 2.74. The maximum atomic E-state index is 12.1. The number of benzene rings is 1. The van der Waals surface area contributed by atoms with E-state index in [4.69, 9.17) is 23.2 Å². The number of carbonyl (C=O) groups is 1. The number of nitrogens with one attached hydrogen (secondary N) is 1. The van der Waals surface area contributed by atoms with Gasteiger partial charge in [0.1, 0.15) is 10.9 Å². The van der Waals surface area contributed by atoms with Crippen molar-refractivity contribution in [1.82, 2.24) is 4.98 Å². The Labute approximate surface area is 128 Å². The number of hydrogen-bond donors (Lipinski definition) is 1. The lowest BCUT2D eigenvalue weighted by Gasteiger charge is -2.09. The fourth-order valence-corrected chi connectivity index (χ4v) is 1.88. The van der Waals surface area contributed by atoms with Gasteiger partial charge in [0.15, 0.2) is 0 Å². The molecular formula is C13H8Cl2F2N2O2. The van der Waals surface area contributed by atoms with E-state index in [0.29, 0.717) is 0 Å². The van der Waals surface area contributed by atoms with Crippen molar-refractivity contribution >= 4 is 34.8 Å². The predicted octanol–water partition coefficient (Wildman–Crippen LogP) is 4.24. The van der Waals surface area contributed by atoms with Gasteiger partial charge in [-0.2, -0.15) is 8.78 Å². The Hall–Kier alpha value is -1.92. The molecule has 0 saturated heterocycles. The summed E-state index contributed by atoms with van der Waals surface area (Å²) in [7, 11) is 0. The number of halogens is 4. The van der Waals surface area contributed by atoms with Gasteiger partial charge in [0, 0.05) is 18.0 Å². The number of carbonyl (C=O) groups excluding carboxylic acids is 1. The molecule has 2 aromatic rings. The zero-order valence-electron chi connectivity index (χ0n) is 10.3. The van der Waals surface area contributed by atoms with Crippen molar-refractivity contribution in [3.63, 3.8) is 0 Å². The molecule has 0 radical (unpaired) electrons. The largest absolute Gasteiger partial charge is 0.435 e. The normalized spacial score (nSPS) is 10.5. The number of anilines is 1. The van der Waals surface area contributed by atoms with E-state index in [0.717, 1.165) is 0 Å². The van der Waals surface area contributed by atoms with Gasteiger partial charge in [0.25, 0.3) is 5.91 Å². The first kappa shape index (κ1) is 15.5. The van der Waals surface area contributed by atoms with E-state index in [1.54, 1.807) is 0 Å². The summed E-state index contributed by atoms with van der Waals surface area (Å²) in [6.07, 6.45) is 1.25. The Morgan fingerprint density at radius 3 is 2.76 bits per heavy atom. The van der Waals surface area contributed by atoms with Gasteiger partial charge in [0.05, 0.1) is 10.6 Å². The number of alkyl halides is 2. The highest BCUT2D eigenvalue weighted by Crippen LogP contribution is 2.22. The zero-order chi connectivity index (χ0) is 15.4. The molecule has 0 bridgehead atoms. The van der Waals surface area contributed by atoms with E-state index in [9.17, 15) is 13.6 Å². The molecule has 1 amide bonds. The summed E-state index contributed by atoms with van der Waals surface area (Å²) in [6, 6.07) is 6.90. The topological polar surface area (TPSA) is 51.2 Å². The predicted molar refractivity (Wildman–Crippen MR) is 75.3 cm³/mol. The molecule has 0 aliphatic rings.